The molecule has 33 heavy (non-hydrogen) atoms. The minimum atomic E-state index is 0. The molecule has 0 saturated carbocycles. The number of anilines is 1. The summed E-state index contributed by atoms with van der Waals surface area (Å²) in [5, 5.41) is 12.6. The number of fused-ring (bicyclic) bond motifs is 1. The maximum atomic E-state index is 12.5. The van der Waals surface area contributed by atoms with E-state index in [1.54, 1.807) is 0 Å². The Morgan fingerprint density at radius 1 is 1.00 bits per heavy atom. The number of piperazine rings is 1. The Morgan fingerprint density at radius 3 is 2.58 bits per heavy atom. The van der Waals surface area contributed by atoms with Crippen LogP contribution in [0.5, 0.6) is 0 Å². The van der Waals surface area contributed by atoms with Crippen LogP contribution in [0.2, 0.25) is 0 Å². The van der Waals surface area contributed by atoms with Gasteiger partial charge in [-0.15, -0.1) is 12.4 Å². The van der Waals surface area contributed by atoms with Gasteiger partial charge in [0.25, 0.3) is 0 Å². The van der Waals surface area contributed by atoms with Gasteiger partial charge in [0.05, 0.1) is 17.3 Å². The van der Waals surface area contributed by atoms with Crippen LogP contribution in [-0.4, -0.2) is 43.5 Å². The normalized spacial score (nSPS) is 18.0. The summed E-state index contributed by atoms with van der Waals surface area (Å²) < 4.78 is 0. The van der Waals surface area contributed by atoms with Gasteiger partial charge in [-0.2, -0.15) is 5.26 Å². The summed E-state index contributed by atoms with van der Waals surface area (Å²) in [7, 11) is 0. The second-order valence-electron chi connectivity index (χ2n) is 8.98. The molecule has 2 aromatic carbocycles. The molecule has 0 bridgehead atoms. The van der Waals surface area contributed by atoms with Crippen molar-refractivity contribution in [2.24, 2.45) is 0 Å². The van der Waals surface area contributed by atoms with E-state index in [-0.39, 0.29) is 24.4 Å². The van der Waals surface area contributed by atoms with Crippen molar-refractivity contribution in [3.8, 4) is 6.07 Å². The molecule has 0 spiro atoms. The third-order valence-electron chi connectivity index (χ3n) is 6.82. The molecule has 176 valence electrons. The third kappa shape index (κ3) is 6.72. The van der Waals surface area contributed by atoms with Gasteiger partial charge in [0.15, 0.2) is 0 Å². The van der Waals surface area contributed by atoms with E-state index in [1.807, 2.05) is 24.3 Å². The van der Waals surface area contributed by atoms with Gasteiger partial charge in [-0.1, -0.05) is 42.8 Å². The van der Waals surface area contributed by atoms with Crippen molar-refractivity contribution in [2.75, 3.05) is 37.6 Å². The number of nitriles is 1. The Balaban J connectivity index is 0.00000306. The van der Waals surface area contributed by atoms with Gasteiger partial charge in [0.1, 0.15) is 6.07 Å². The summed E-state index contributed by atoms with van der Waals surface area (Å²) in [6, 6.07) is 18.9. The summed E-state index contributed by atoms with van der Waals surface area (Å²) in [6.07, 6.45) is 7.13. The molecule has 4 rings (SSSR count). The fourth-order valence-electron chi connectivity index (χ4n) is 5.02. The number of nitrogens with zero attached hydrogens (tertiary/aromatic N) is 3. The number of amides is 1. The first-order valence-electron chi connectivity index (χ1n) is 12.1. The van der Waals surface area contributed by atoms with E-state index in [0.717, 1.165) is 82.5 Å². The maximum absolute atomic E-state index is 12.5. The number of hydrogen-bond donors (Lipinski definition) is 1. The Labute approximate surface area is 204 Å². The first-order valence-corrected chi connectivity index (χ1v) is 12.1. The second kappa shape index (κ2) is 12.6. The molecule has 1 unspecified atom stereocenters. The van der Waals surface area contributed by atoms with E-state index in [4.69, 9.17) is 0 Å². The second-order valence-corrected chi connectivity index (χ2v) is 8.98. The van der Waals surface area contributed by atoms with E-state index < -0.39 is 0 Å². The summed E-state index contributed by atoms with van der Waals surface area (Å²) in [5.41, 5.74) is 4.51. The molecule has 1 N–H and O–H groups in total. The van der Waals surface area contributed by atoms with Crippen molar-refractivity contribution < 1.29 is 4.79 Å². The number of carbonyl (C=O) groups excluding carboxylic acids is 1. The Kier molecular flexibility index (Phi) is 9.60. The smallest absolute Gasteiger partial charge is 0.220 e. The lowest BCUT2D eigenvalue weighted by atomic mass is 9.87. The monoisotopic (exact) mass is 466 g/mol. The highest BCUT2D eigenvalue weighted by atomic mass is 35.5. The summed E-state index contributed by atoms with van der Waals surface area (Å²) in [6.45, 7) is 5.07. The van der Waals surface area contributed by atoms with Crippen molar-refractivity contribution in [3.05, 3.63) is 65.2 Å². The molecule has 1 saturated heterocycles. The van der Waals surface area contributed by atoms with Crippen molar-refractivity contribution in [1.82, 2.24) is 10.2 Å². The quantitative estimate of drug-likeness (QED) is 0.564. The fourth-order valence-corrected chi connectivity index (χ4v) is 5.02. The van der Waals surface area contributed by atoms with Crippen molar-refractivity contribution in [1.29, 1.82) is 5.26 Å². The Hall–Kier alpha value is -2.55. The Bertz CT molecular complexity index is 949. The molecule has 1 atom stereocenters. The molecule has 2 aromatic rings. The molecule has 5 nitrogen and oxygen atoms in total. The lowest BCUT2D eigenvalue weighted by molar-refractivity contribution is -0.122. The van der Waals surface area contributed by atoms with Gasteiger partial charge >= 0.3 is 0 Å². The highest BCUT2D eigenvalue weighted by molar-refractivity contribution is 5.85. The molecule has 0 aromatic heterocycles. The van der Waals surface area contributed by atoms with Crippen LogP contribution in [0, 0.1) is 11.3 Å². The number of benzene rings is 2. The topological polar surface area (TPSA) is 59.4 Å². The van der Waals surface area contributed by atoms with Crippen LogP contribution in [0.3, 0.4) is 0 Å². The van der Waals surface area contributed by atoms with Crippen LogP contribution in [0.15, 0.2) is 48.5 Å². The van der Waals surface area contributed by atoms with Crippen molar-refractivity contribution >= 4 is 24.0 Å². The number of halogens is 1. The number of para-hydroxylation sites is 1. The molecule has 1 amide bonds. The summed E-state index contributed by atoms with van der Waals surface area (Å²) in [4.78, 5) is 17.3. The predicted molar refractivity (Wildman–Crippen MR) is 136 cm³/mol. The minimum absolute atomic E-state index is 0. The van der Waals surface area contributed by atoms with E-state index in [0.29, 0.717) is 6.42 Å². The van der Waals surface area contributed by atoms with E-state index in [1.165, 1.54) is 11.1 Å². The number of nitrogens with one attached hydrogen (secondary N) is 1. The average Bonchev–Trinajstić information content (AvgIpc) is 2.84. The van der Waals surface area contributed by atoms with Gasteiger partial charge in [-0.05, 0) is 61.9 Å². The molecular weight excluding hydrogens is 432 g/mol. The number of carbonyl (C=O) groups is 1. The van der Waals surface area contributed by atoms with Crippen LogP contribution in [-0.2, 0) is 11.2 Å². The summed E-state index contributed by atoms with van der Waals surface area (Å²) >= 11 is 0. The van der Waals surface area contributed by atoms with E-state index >= 15 is 0 Å². The minimum Gasteiger partial charge on any atom is -0.368 e. The van der Waals surface area contributed by atoms with E-state index in [9.17, 15) is 10.1 Å². The predicted octanol–water partition coefficient (Wildman–Crippen LogP) is 4.86. The summed E-state index contributed by atoms with van der Waals surface area (Å²) in [5.74, 6) is 0.191. The highest BCUT2D eigenvalue weighted by Gasteiger charge is 2.21. The molecule has 0 radical (unpaired) electrons. The van der Waals surface area contributed by atoms with Gasteiger partial charge in [0, 0.05) is 32.6 Å². The van der Waals surface area contributed by atoms with Gasteiger partial charge < -0.3 is 10.2 Å². The molecular formula is C27H35ClN4O. The van der Waals surface area contributed by atoms with Crippen molar-refractivity contribution in [2.45, 2.75) is 51.0 Å². The van der Waals surface area contributed by atoms with Gasteiger partial charge in [-0.25, -0.2) is 0 Å². The number of unbranched alkanes of at least 4 members (excludes halogenated alkanes) is 2. The van der Waals surface area contributed by atoms with Crippen LogP contribution in [0.1, 0.15) is 61.3 Å². The number of rotatable bonds is 8. The molecule has 1 aliphatic carbocycles. The molecule has 1 aliphatic heterocycles. The molecule has 1 fully saturated rings. The zero-order valence-corrected chi connectivity index (χ0v) is 20.2. The molecule has 2 aliphatic rings. The van der Waals surface area contributed by atoms with Crippen LogP contribution >= 0.6 is 12.4 Å². The highest BCUT2D eigenvalue weighted by Crippen LogP contribution is 2.29. The van der Waals surface area contributed by atoms with Gasteiger partial charge in [0.2, 0.25) is 5.91 Å². The molecule has 6 heteroatoms. The fraction of sp³-hybridized carbons (Fsp3) is 0.481. The van der Waals surface area contributed by atoms with Crippen LogP contribution < -0.4 is 10.2 Å². The third-order valence-corrected chi connectivity index (χ3v) is 6.82. The van der Waals surface area contributed by atoms with Gasteiger partial charge in [-0.3, -0.25) is 9.69 Å². The number of hydrogen-bond acceptors (Lipinski definition) is 4. The number of aryl methyl sites for hydroxylation is 1. The SMILES string of the molecule is Cl.N#Cc1ccccc1N1CCN(CCCCCC(=O)NC2CCCc3ccccc32)CC1. The molecule has 1 heterocycles. The Morgan fingerprint density at radius 2 is 1.76 bits per heavy atom. The largest absolute Gasteiger partial charge is 0.368 e. The zero-order chi connectivity index (χ0) is 22.2. The first kappa shape index (κ1) is 25.1. The maximum Gasteiger partial charge on any atom is 0.220 e. The van der Waals surface area contributed by atoms with Crippen LogP contribution in [0.25, 0.3) is 0 Å². The van der Waals surface area contributed by atoms with Crippen LogP contribution in [0.4, 0.5) is 5.69 Å². The average molecular weight is 467 g/mol. The van der Waals surface area contributed by atoms with Crippen molar-refractivity contribution in [3.63, 3.8) is 0 Å². The lowest BCUT2D eigenvalue weighted by Crippen LogP contribution is -2.46. The standard InChI is InChI=1S/C27H34N4O.ClH/c28-21-23-10-4-6-14-26(23)31-19-17-30(18-20-31)16-7-1-2-15-27(32)29-25-13-8-11-22-9-3-5-12-24(22)25;/h3-6,9-10,12,14,25H,1-2,7-8,11,13,15-20H2,(H,29,32);1H. The van der Waals surface area contributed by atoms with E-state index in [2.05, 4.69) is 45.5 Å². The zero-order valence-electron chi connectivity index (χ0n) is 19.3. The lowest BCUT2D eigenvalue weighted by Gasteiger charge is -2.36. The first-order chi connectivity index (χ1) is 15.7.